The zero-order valence-corrected chi connectivity index (χ0v) is 27.4. The number of carboxylic acid groups (broad SMARTS) is 1. The van der Waals surface area contributed by atoms with Gasteiger partial charge in [0.2, 0.25) is 6.29 Å². The van der Waals surface area contributed by atoms with E-state index >= 15 is 0 Å². The smallest absolute Gasteiger partial charge is 0.337 e. The number of esters is 1. The Labute approximate surface area is 283 Å². The molecule has 1 fully saturated rings. The van der Waals surface area contributed by atoms with E-state index in [2.05, 4.69) is 22.2 Å². The number of carbonyl (C=O) groups excluding carboxylic acids is 1. The number of nitrogens with two attached hydrogens (primary N) is 1. The summed E-state index contributed by atoms with van der Waals surface area (Å²) in [5, 5.41) is 65.3. The minimum absolute atomic E-state index is 0.0447. The lowest BCUT2D eigenvalue weighted by Crippen LogP contribution is -2.61. The molecular formula is C31H47N5O13. The highest BCUT2D eigenvalue weighted by molar-refractivity contribution is 5.92. The molecule has 3 heterocycles. The van der Waals surface area contributed by atoms with Crippen LogP contribution < -0.4 is 16.4 Å². The van der Waals surface area contributed by atoms with Crippen molar-refractivity contribution in [2.45, 2.75) is 43.4 Å². The van der Waals surface area contributed by atoms with Gasteiger partial charge in [-0.15, -0.1) is 6.58 Å². The molecule has 0 aromatic heterocycles. The monoisotopic (exact) mass is 697 g/mol. The van der Waals surface area contributed by atoms with Gasteiger partial charge in [-0.2, -0.15) is 0 Å². The minimum atomic E-state index is -1.51. The summed E-state index contributed by atoms with van der Waals surface area (Å²) in [5.74, 6) is -3.76. The van der Waals surface area contributed by atoms with Gasteiger partial charge in [-0.3, -0.25) is 10.3 Å². The molecule has 49 heavy (non-hydrogen) atoms. The summed E-state index contributed by atoms with van der Waals surface area (Å²) in [6, 6.07) is 0. The zero-order valence-electron chi connectivity index (χ0n) is 27.4. The number of ether oxygens (including phenoxy) is 5. The predicted octanol–water partition coefficient (Wildman–Crippen LogP) is -2.79. The number of aliphatic hydroxyl groups excluding tert-OH is 5. The summed E-state index contributed by atoms with van der Waals surface area (Å²) < 4.78 is 28.3. The Morgan fingerprint density at radius 3 is 2.57 bits per heavy atom. The molecule has 3 rings (SSSR count). The quantitative estimate of drug-likeness (QED) is 0.0186. The molecule has 0 unspecified atom stereocenters. The van der Waals surface area contributed by atoms with E-state index in [1.165, 1.54) is 13.2 Å². The highest BCUT2D eigenvalue weighted by Gasteiger charge is 2.48. The van der Waals surface area contributed by atoms with E-state index in [-0.39, 0.29) is 62.4 Å². The van der Waals surface area contributed by atoms with E-state index in [1.54, 1.807) is 30.3 Å². The Morgan fingerprint density at radius 1 is 1.20 bits per heavy atom. The third-order valence-corrected chi connectivity index (χ3v) is 7.88. The molecule has 274 valence electrons. The second kappa shape index (κ2) is 19.4. The summed E-state index contributed by atoms with van der Waals surface area (Å²) in [4.78, 5) is 31.0. The maximum Gasteiger partial charge on any atom is 0.337 e. The summed E-state index contributed by atoms with van der Waals surface area (Å²) in [7, 11) is 2.79. The van der Waals surface area contributed by atoms with Gasteiger partial charge in [-0.1, -0.05) is 18.2 Å². The Morgan fingerprint density at radius 2 is 1.96 bits per heavy atom. The number of β-amino-alcohol motifs (C(OH)–C–C–N with tert-alkyl or cyclic N) is 1. The molecule has 0 aromatic carbocycles. The van der Waals surface area contributed by atoms with Gasteiger partial charge in [0.25, 0.3) is 0 Å². The number of carbonyl (C=O) groups is 2. The van der Waals surface area contributed by atoms with Gasteiger partial charge in [0, 0.05) is 37.4 Å². The van der Waals surface area contributed by atoms with E-state index in [9.17, 15) is 35.1 Å². The summed E-state index contributed by atoms with van der Waals surface area (Å²) in [6.07, 6.45) is -0.283. The first-order chi connectivity index (χ1) is 23.5. The van der Waals surface area contributed by atoms with Crippen molar-refractivity contribution in [1.29, 1.82) is 0 Å². The first kappa shape index (κ1) is 39.6. The van der Waals surface area contributed by atoms with Gasteiger partial charge in [-0.25, -0.2) is 9.59 Å². The molecule has 18 heteroatoms. The van der Waals surface area contributed by atoms with Gasteiger partial charge >= 0.3 is 11.9 Å². The number of hydrogen-bond donors (Lipinski definition) is 9. The Hall–Kier alpha value is -3.85. The molecule has 0 aliphatic carbocycles. The second-order valence-corrected chi connectivity index (χ2v) is 11.1. The number of aliphatic carboxylic acids is 1. The number of rotatable bonds is 17. The average molecular weight is 698 g/mol. The van der Waals surface area contributed by atoms with Crippen LogP contribution in [0.3, 0.4) is 0 Å². The number of guanidine groups is 1. The highest BCUT2D eigenvalue weighted by Crippen LogP contribution is 2.37. The molecule has 3 aliphatic rings. The maximum atomic E-state index is 12.9. The first-order valence-electron chi connectivity index (χ1n) is 15.5. The van der Waals surface area contributed by atoms with Crippen molar-refractivity contribution in [2.75, 3.05) is 60.3 Å². The molecule has 8 atom stereocenters. The van der Waals surface area contributed by atoms with Crippen molar-refractivity contribution < 1.29 is 63.9 Å². The van der Waals surface area contributed by atoms with Crippen LogP contribution in [0.5, 0.6) is 0 Å². The predicted molar refractivity (Wildman–Crippen MR) is 172 cm³/mol. The molecule has 10 N–H and O–H groups in total. The lowest BCUT2D eigenvalue weighted by Gasteiger charge is -2.44. The van der Waals surface area contributed by atoms with Crippen LogP contribution in [0.1, 0.15) is 6.42 Å². The maximum absolute atomic E-state index is 12.9. The number of hydrogen-bond acceptors (Lipinski definition) is 15. The van der Waals surface area contributed by atoms with E-state index in [0.717, 1.165) is 6.26 Å². The lowest BCUT2D eigenvalue weighted by atomic mass is 9.83. The molecule has 0 bridgehead atoms. The van der Waals surface area contributed by atoms with E-state index < -0.39 is 67.4 Å². The van der Waals surface area contributed by atoms with Crippen LogP contribution in [-0.2, 0) is 33.3 Å². The lowest BCUT2D eigenvalue weighted by molar-refractivity contribution is -0.345. The van der Waals surface area contributed by atoms with Crippen LogP contribution in [0.4, 0.5) is 0 Å². The minimum Gasteiger partial charge on any atom is -0.478 e. The fraction of sp³-hybridized carbons (Fsp3) is 0.581. The van der Waals surface area contributed by atoms with Crippen LogP contribution in [0.25, 0.3) is 0 Å². The van der Waals surface area contributed by atoms with Gasteiger partial charge in [0.15, 0.2) is 12.2 Å². The largest absolute Gasteiger partial charge is 0.478 e. The number of methoxy groups -OCH3 is 1. The number of aliphatic imine (C=N–C) groups is 1. The van der Waals surface area contributed by atoms with E-state index in [4.69, 9.17) is 34.5 Å². The van der Waals surface area contributed by atoms with Gasteiger partial charge < -0.3 is 70.3 Å². The standard InChI is InChI=1S/C31H47N5O13/c1-4-18-19(7-6-17-12-36(9-11-38)13-20(27(42)43)23(17)35-31(32)34-8-5-10-37)21(28(44)45-3)15-46-29(18)49-30-26(47-16-33-2)25(41)24(40)22(14-39)48-30/h4,6-7,12,15,18-19,22,24-26,29-30,33,37-41H,1,5,8-11,13-14,16H2,2-3H3,(H,42,43)(H3,32,34,35)/b7-6+/t18-,19+,22-,24-,25+,26-,29+,30+/m1/s1. The molecule has 1 saturated heterocycles. The highest BCUT2D eigenvalue weighted by atomic mass is 16.8. The van der Waals surface area contributed by atoms with E-state index in [1.807, 2.05) is 0 Å². The normalized spacial score (nSPS) is 29.3. The molecule has 0 aromatic rings. The molecule has 0 saturated carbocycles. The summed E-state index contributed by atoms with van der Waals surface area (Å²) in [5.41, 5.74) is 6.46. The van der Waals surface area contributed by atoms with Crippen molar-refractivity contribution in [3.05, 3.63) is 59.7 Å². The first-order valence-corrected chi connectivity index (χ1v) is 15.5. The number of carboxylic acids is 1. The molecule has 0 amide bonds. The average Bonchev–Trinajstić information content (AvgIpc) is 3.09. The van der Waals surface area contributed by atoms with Crippen molar-refractivity contribution in [2.24, 2.45) is 22.6 Å². The molecular weight excluding hydrogens is 650 g/mol. The van der Waals surface area contributed by atoms with Gasteiger partial charge in [0.1, 0.15) is 24.4 Å². The summed E-state index contributed by atoms with van der Waals surface area (Å²) >= 11 is 0. The third-order valence-electron chi connectivity index (χ3n) is 7.88. The topological polar surface area (TPSA) is 267 Å². The zero-order chi connectivity index (χ0) is 36.1. The van der Waals surface area contributed by atoms with Crippen molar-refractivity contribution in [3.63, 3.8) is 0 Å². The van der Waals surface area contributed by atoms with Gasteiger partial charge in [0.05, 0.1) is 62.6 Å². The van der Waals surface area contributed by atoms with Crippen LogP contribution in [0.15, 0.2) is 64.7 Å². The van der Waals surface area contributed by atoms with Crippen LogP contribution >= 0.6 is 0 Å². The Bertz CT molecular complexity index is 1300. The molecule has 0 radical (unpaired) electrons. The van der Waals surface area contributed by atoms with Crippen molar-refractivity contribution in [3.8, 4) is 0 Å². The summed E-state index contributed by atoms with van der Waals surface area (Å²) in [6.45, 7) is 3.09. The molecule has 18 nitrogen and oxygen atoms in total. The van der Waals surface area contributed by atoms with Crippen LogP contribution in [0.2, 0.25) is 0 Å². The number of nitrogens with zero attached hydrogens (tertiary/aromatic N) is 2. The Balaban J connectivity index is 2.03. The SMILES string of the molecule is C=C[C@H]1[C@H](O[C@@H]2O[C@H](CO)[C@@H](O)[C@H](O)[C@H]2OCNC)OC=C(C(=O)OC)[C@H]1/C=C/C1=CN(CCO)CC(C(=O)O)=C1NC(N)=NCCCO. The number of aliphatic hydroxyl groups is 5. The molecule has 3 aliphatic heterocycles. The van der Waals surface area contributed by atoms with Crippen molar-refractivity contribution >= 4 is 17.9 Å². The fourth-order valence-corrected chi connectivity index (χ4v) is 5.38. The second-order valence-electron chi connectivity index (χ2n) is 11.1. The fourth-order valence-electron chi connectivity index (χ4n) is 5.38. The Kier molecular flexibility index (Phi) is 15.6. The number of allylic oxidation sites excluding steroid dienone is 2. The number of nitrogens with one attached hydrogen (secondary N) is 2. The van der Waals surface area contributed by atoms with Crippen LogP contribution in [0, 0.1) is 11.8 Å². The van der Waals surface area contributed by atoms with Crippen LogP contribution in [-0.4, -0.2) is 151 Å². The third kappa shape index (κ3) is 10.1. The molecule has 0 spiro atoms. The van der Waals surface area contributed by atoms with Gasteiger partial charge in [-0.05, 0) is 13.5 Å². The van der Waals surface area contributed by atoms with E-state index in [0.29, 0.717) is 12.0 Å². The van der Waals surface area contributed by atoms with Crippen molar-refractivity contribution in [1.82, 2.24) is 15.5 Å².